The number of hydrogen-bond donors (Lipinski definition) is 2. The maximum Gasteiger partial charge on any atom is 0.290 e. The molecule has 156 valence electrons. The largest absolute Gasteiger partial charge is 0.497 e. The Morgan fingerprint density at radius 3 is 2.07 bits per heavy atom. The number of benzene rings is 2. The summed E-state index contributed by atoms with van der Waals surface area (Å²) in [6, 6.07) is 11.1. The molecule has 0 saturated carbocycles. The molecule has 3 rings (SSSR count). The number of carbonyl (C=O) groups excluding carboxylic acids is 2. The van der Waals surface area contributed by atoms with Crippen LogP contribution < -0.4 is 25.9 Å². The van der Waals surface area contributed by atoms with Crippen LogP contribution in [0.25, 0.3) is 10.8 Å². The molecular weight excluding hydrogens is 388 g/mol. The van der Waals surface area contributed by atoms with Gasteiger partial charge in [0.1, 0.15) is 11.5 Å². The van der Waals surface area contributed by atoms with Crippen molar-refractivity contribution in [2.24, 2.45) is 0 Å². The van der Waals surface area contributed by atoms with Crippen molar-refractivity contribution in [2.45, 2.75) is 19.9 Å². The van der Waals surface area contributed by atoms with Crippen molar-refractivity contribution >= 4 is 22.6 Å². The van der Waals surface area contributed by atoms with Gasteiger partial charge in [-0.25, -0.2) is 4.68 Å². The van der Waals surface area contributed by atoms with Crippen LogP contribution in [0.5, 0.6) is 11.5 Å². The zero-order chi connectivity index (χ0) is 21.8. The highest BCUT2D eigenvalue weighted by atomic mass is 16.5. The minimum absolute atomic E-state index is 0.0300. The van der Waals surface area contributed by atoms with Gasteiger partial charge in [0.15, 0.2) is 5.69 Å². The van der Waals surface area contributed by atoms with Gasteiger partial charge in [-0.15, -0.1) is 0 Å². The molecule has 1 heterocycles. The first kappa shape index (κ1) is 20.8. The number of nitrogens with zero attached hydrogens (tertiary/aromatic N) is 2. The first-order valence-corrected chi connectivity index (χ1v) is 9.21. The second-order valence-electron chi connectivity index (χ2n) is 6.75. The molecule has 1 aromatic heterocycles. The Bertz CT molecular complexity index is 1150. The fourth-order valence-corrected chi connectivity index (χ4v) is 2.91. The topological polar surface area (TPSA) is 112 Å². The second kappa shape index (κ2) is 8.64. The maximum atomic E-state index is 12.8. The number of carbonyl (C=O) groups is 2. The Balaban J connectivity index is 1.88. The molecule has 9 heteroatoms. The quantitative estimate of drug-likeness (QED) is 0.623. The van der Waals surface area contributed by atoms with Gasteiger partial charge in [-0.3, -0.25) is 25.2 Å². The van der Waals surface area contributed by atoms with Gasteiger partial charge in [0.05, 0.1) is 25.6 Å². The van der Waals surface area contributed by atoms with E-state index >= 15 is 0 Å². The molecule has 0 aliphatic rings. The average Bonchev–Trinajstić information content (AvgIpc) is 2.76. The van der Waals surface area contributed by atoms with Crippen molar-refractivity contribution < 1.29 is 19.1 Å². The summed E-state index contributed by atoms with van der Waals surface area (Å²) >= 11 is 0. The van der Waals surface area contributed by atoms with Gasteiger partial charge in [0.2, 0.25) is 0 Å². The minimum Gasteiger partial charge on any atom is -0.497 e. The maximum absolute atomic E-state index is 12.8. The molecule has 2 aromatic carbocycles. The van der Waals surface area contributed by atoms with Crippen molar-refractivity contribution in [3.05, 3.63) is 64.1 Å². The predicted octanol–water partition coefficient (Wildman–Crippen LogP) is 2.07. The van der Waals surface area contributed by atoms with Crippen molar-refractivity contribution in [1.29, 1.82) is 0 Å². The van der Waals surface area contributed by atoms with Crippen molar-refractivity contribution in [2.75, 3.05) is 14.2 Å². The zero-order valence-electron chi connectivity index (χ0n) is 17.1. The second-order valence-corrected chi connectivity index (χ2v) is 6.75. The van der Waals surface area contributed by atoms with Gasteiger partial charge in [-0.05, 0) is 32.0 Å². The Kier molecular flexibility index (Phi) is 6.01. The molecular formula is C21H22N4O5. The van der Waals surface area contributed by atoms with Crippen LogP contribution in [0.4, 0.5) is 0 Å². The Morgan fingerprint density at radius 1 is 0.933 bits per heavy atom. The van der Waals surface area contributed by atoms with Crippen LogP contribution in [0.2, 0.25) is 0 Å². The SMILES string of the molecule is COc1cc(OC)cc(C(=O)NNC(=O)c2nn(C(C)C)c(=O)c3ccccc23)c1. The van der Waals surface area contributed by atoms with Gasteiger partial charge in [0, 0.05) is 17.0 Å². The van der Waals surface area contributed by atoms with Crippen LogP contribution in [0.1, 0.15) is 40.7 Å². The molecule has 0 aliphatic carbocycles. The lowest BCUT2D eigenvalue weighted by atomic mass is 10.1. The molecule has 0 fully saturated rings. The fraction of sp³-hybridized carbons (Fsp3) is 0.238. The molecule has 9 nitrogen and oxygen atoms in total. The Morgan fingerprint density at radius 2 is 1.50 bits per heavy atom. The smallest absolute Gasteiger partial charge is 0.290 e. The number of methoxy groups -OCH3 is 2. The van der Waals surface area contributed by atoms with E-state index in [0.717, 1.165) is 0 Å². The van der Waals surface area contributed by atoms with Crippen molar-refractivity contribution in [3.8, 4) is 11.5 Å². The normalized spacial score (nSPS) is 10.7. The summed E-state index contributed by atoms with van der Waals surface area (Å²) in [5, 5.41) is 4.97. The first-order chi connectivity index (χ1) is 14.3. The summed E-state index contributed by atoms with van der Waals surface area (Å²) < 4.78 is 11.5. The monoisotopic (exact) mass is 410 g/mol. The number of hydrazine groups is 1. The summed E-state index contributed by atoms with van der Waals surface area (Å²) in [6.07, 6.45) is 0. The Hall–Kier alpha value is -3.88. The molecule has 0 bridgehead atoms. The molecule has 2 N–H and O–H groups in total. The molecule has 0 radical (unpaired) electrons. The van der Waals surface area contributed by atoms with E-state index in [2.05, 4.69) is 16.0 Å². The van der Waals surface area contributed by atoms with E-state index in [1.54, 1.807) is 44.2 Å². The summed E-state index contributed by atoms with van der Waals surface area (Å²) in [7, 11) is 2.94. The van der Waals surface area contributed by atoms with Gasteiger partial charge in [0.25, 0.3) is 17.4 Å². The van der Waals surface area contributed by atoms with Gasteiger partial charge in [-0.2, -0.15) is 5.10 Å². The summed E-state index contributed by atoms with van der Waals surface area (Å²) in [6.45, 7) is 3.59. The van der Waals surface area contributed by atoms with E-state index in [1.165, 1.54) is 31.0 Å². The lowest BCUT2D eigenvalue weighted by molar-refractivity contribution is 0.0843. The molecule has 2 amide bonds. The highest BCUT2D eigenvalue weighted by molar-refractivity contribution is 6.06. The van der Waals surface area contributed by atoms with Crippen LogP contribution in [0, 0.1) is 0 Å². The highest BCUT2D eigenvalue weighted by Gasteiger charge is 2.19. The number of aromatic nitrogens is 2. The summed E-state index contributed by atoms with van der Waals surface area (Å²) in [5.41, 5.74) is 4.68. The number of amides is 2. The van der Waals surface area contributed by atoms with Gasteiger partial charge in [-0.1, -0.05) is 18.2 Å². The number of fused-ring (bicyclic) bond motifs is 1. The van der Waals surface area contributed by atoms with Crippen LogP contribution in [-0.4, -0.2) is 35.8 Å². The van der Waals surface area contributed by atoms with E-state index in [0.29, 0.717) is 22.3 Å². The first-order valence-electron chi connectivity index (χ1n) is 9.21. The number of nitrogens with one attached hydrogen (secondary N) is 2. The van der Waals surface area contributed by atoms with E-state index in [-0.39, 0.29) is 22.9 Å². The number of rotatable bonds is 5. The average molecular weight is 410 g/mol. The molecule has 0 unspecified atom stereocenters. The van der Waals surface area contributed by atoms with Crippen LogP contribution in [-0.2, 0) is 0 Å². The molecule has 30 heavy (non-hydrogen) atoms. The molecule has 0 aliphatic heterocycles. The number of ether oxygens (including phenoxy) is 2. The van der Waals surface area contributed by atoms with Gasteiger partial charge >= 0.3 is 0 Å². The predicted molar refractivity (Wildman–Crippen MR) is 111 cm³/mol. The van der Waals surface area contributed by atoms with Crippen LogP contribution in [0.3, 0.4) is 0 Å². The van der Waals surface area contributed by atoms with Crippen LogP contribution in [0.15, 0.2) is 47.3 Å². The third-order valence-electron chi connectivity index (χ3n) is 4.44. The zero-order valence-corrected chi connectivity index (χ0v) is 17.1. The Labute approximate surface area is 172 Å². The van der Waals surface area contributed by atoms with E-state index in [9.17, 15) is 14.4 Å². The summed E-state index contributed by atoms with van der Waals surface area (Å²) in [4.78, 5) is 37.9. The lowest BCUT2D eigenvalue weighted by Gasteiger charge is -2.14. The molecule has 0 spiro atoms. The fourth-order valence-electron chi connectivity index (χ4n) is 2.91. The van der Waals surface area contributed by atoms with Crippen LogP contribution >= 0.6 is 0 Å². The van der Waals surface area contributed by atoms with E-state index < -0.39 is 11.8 Å². The standard InChI is InChI=1S/C21H22N4O5/c1-12(2)25-21(28)17-8-6-5-7-16(17)18(24-25)20(27)23-22-19(26)13-9-14(29-3)11-15(10-13)30-4/h5-12H,1-4H3,(H,22,26)(H,23,27). The molecule has 0 atom stereocenters. The van der Waals surface area contributed by atoms with E-state index in [4.69, 9.17) is 9.47 Å². The third kappa shape index (κ3) is 4.09. The highest BCUT2D eigenvalue weighted by Crippen LogP contribution is 2.22. The van der Waals surface area contributed by atoms with Crippen molar-refractivity contribution in [1.82, 2.24) is 20.6 Å². The van der Waals surface area contributed by atoms with Gasteiger partial charge < -0.3 is 9.47 Å². The number of hydrogen-bond acceptors (Lipinski definition) is 6. The van der Waals surface area contributed by atoms with E-state index in [1.807, 2.05) is 0 Å². The molecule has 0 saturated heterocycles. The van der Waals surface area contributed by atoms with Crippen molar-refractivity contribution in [3.63, 3.8) is 0 Å². The lowest BCUT2D eigenvalue weighted by Crippen LogP contribution is -2.43. The molecule has 3 aromatic rings. The minimum atomic E-state index is -0.649. The third-order valence-corrected chi connectivity index (χ3v) is 4.44. The summed E-state index contributed by atoms with van der Waals surface area (Å²) in [5.74, 6) is -0.351.